The molecule has 0 spiro atoms. The highest BCUT2D eigenvalue weighted by atomic mass is 79.9. The molecule has 0 saturated carbocycles. The first-order chi connectivity index (χ1) is 9.20. The van der Waals surface area contributed by atoms with Crippen molar-refractivity contribution in [3.05, 3.63) is 64.4 Å². The first kappa shape index (κ1) is 13.7. The normalized spacial score (nSPS) is 11.9. The summed E-state index contributed by atoms with van der Waals surface area (Å²) in [6.07, 6.45) is 2.41. The summed E-state index contributed by atoms with van der Waals surface area (Å²) in [5, 5.41) is 3.02. The van der Waals surface area contributed by atoms with E-state index < -0.39 is 0 Å². The van der Waals surface area contributed by atoms with Crippen LogP contribution in [0.3, 0.4) is 0 Å². The number of carbonyl (C=O) groups excluding carboxylic acids is 1. The van der Waals surface area contributed by atoms with Crippen molar-refractivity contribution in [2.75, 3.05) is 0 Å². The van der Waals surface area contributed by atoms with Crippen LogP contribution in [0.1, 0.15) is 35.3 Å². The van der Waals surface area contributed by atoms with E-state index in [1.165, 1.54) is 0 Å². The van der Waals surface area contributed by atoms with Gasteiger partial charge >= 0.3 is 0 Å². The summed E-state index contributed by atoms with van der Waals surface area (Å²) in [7, 11) is 0. The van der Waals surface area contributed by atoms with Crippen LogP contribution in [-0.2, 0) is 0 Å². The van der Waals surface area contributed by atoms with Gasteiger partial charge in [-0.1, -0.05) is 37.3 Å². The van der Waals surface area contributed by atoms with Gasteiger partial charge in [-0.05, 0) is 40.0 Å². The average molecular weight is 319 g/mol. The molecule has 0 saturated heterocycles. The molecule has 0 aliphatic carbocycles. The Morgan fingerprint density at radius 1 is 1.26 bits per heavy atom. The number of amides is 1. The van der Waals surface area contributed by atoms with Crippen LogP contribution in [0.5, 0.6) is 0 Å². The number of hydrogen-bond donors (Lipinski definition) is 1. The number of halogens is 1. The molecule has 2 rings (SSSR count). The van der Waals surface area contributed by atoms with Gasteiger partial charge in [0.05, 0.1) is 11.6 Å². The van der Waals surface area contributed by atoms with E-state index in [-0.39, 0.29) is 11.9 Å². The Hall–Kier alpha value is -1.68. The Kier molecular flexibility index (Phi) is 4.68. The number of benzene rings is 1. The van der Waals surface area contributed by atoms with Gasteiger partial charge < -0.3 is 5.32 Å². The monoisotopic (exact) mass is 318 g/mol. The summed E-state index contributed by atoms with van der Waals surface area (Å²) in [4.78, 5) is 16.2. The van der Waals surface area contributed by atoms with Gasteiger partial charge in [-0.25, -0.2) is 4.98 Å². The lowest BCUT2D eigenvalue weighted by Crippen LogP contribution is -2.28. The molecule has 2 aromatic rings. The Bertz CT molecular complexity index is 540. The Labute approximate surface area is 121 Å². The summed E-state index contributed by atoms with van der Waals surface area (Å²) in [5.41, 5.74) is 1.68. The van der Waals surface area contributed by atoms with Crippen molar-refractivity contribution in [1.29, 1.82) is 0 Å². The van der Waals surface area contributed by atoms with Crippen LogP contribution in [0.25, 0.3) is 0 Å². The fourth-order valence-corrected chi connectivity index (χ4v) is 2.09. The van der Waals surface area contributed by atoms with E-state index in [4.69, 9.17) is 0 Å². The minimum absolute atomic E-state index is 0.0253. The van der Waals surface area contributed by atoms with Gasteiger partial charge in [-0.15, -0.1) is 0 Å². The SMILES string of the molecule is CCC(NC(=O)c1ccc(Br)nc1)c1ccccc1. The van der Waals surface area contributed by atoms with Crippen LogP contribution >= 0.6 is 15.9 Å². The molecule has 1 aromatic heterocycles. The molecule has 0 aliphatic heterocycles. The average Bonchev–Trinajstić information content (AvgIpc) is 2.46. The summed E-state index contributed by atoms with van der Waals surface area (Å²) in [6.45, 7) is 2.05. The maximum Gasteiger partial charge on any atom is 0.253 e. The largest absolute Gasteiger partial charge is 0.345 e. The molecule has 1 atom stereocenters. The van der Waals surface area contributed by atoms with Crippen LogP contribution in [-0.4, -0.2) is 10.9 Å². The van der Waals surface area contributed by atoms with Crippen LogP contribution in [0.2, 0.25) is 0 Å². The highest BCUT2D eigenvalue weighted by Crippen LogP contribution is 2.17. The predicted molar refractivity (Wildman–Crippen MR) is 78.9 cm³/mol. The molecule has 98 valence electrons. The molecule has 0 radical (unpaired) electrons. The molecule has 1 N–H and O–H groups in total. The topological polar surface area (TPSA) is 42.0 Å². The van der Waals surface area contributed by atoms with Crippen molar-refractivity contribution in [3.63, 3.8) is 0 Å². The number of rotatable bonds is 4. The third-order valence-corrected chi connectivity index (χ3v) is 3.37. The molecular formula is C15H15BrN2O. The zero-order valence-corrected chi connectivity index (χ0v) is 12.2. The van der Waals surface area contributed by atoms with Gasteiger partial charge in [0.2, 0.25) is 0 Å². The highest BCUT2D eigenvalue weighted by molar-refractivity contribution is 9.10. The van der Waals surface area contributed by atoms with E-state index in [1.54, 1.807) is 18.3 Å². The van der Waals surface area contributed by atoms with Crippen LogP contribution in [0.15, 0.2) is 53.3 Å². The van der Waals surface area contributed by atoms with E-state index in [0.29, 0.717) is 5.56 Å². The summed E-state index contributed by atoms with van der Waals surface area (Å²) in [5.74, 6) is -0.101. The van der Waals surface area contributed by atoms with Crippen molar-refractivity contribution in [2.24, 2.45) is 0 Å². The summed E-state index contributed by atoms with van der Waals surface area (Å²) < 4.78 is 0.721. The fourth-order valence-electron chi connectivity index (χ4n) is 1.86. The number of pyridine rings is 1. The zero-order chi connectivity index (χ0) is 13.7. The van der Waals surface area contributed by atoms with E-state index in [9.17, 15) is 4.79 Å². The summed E-state index contributed by atoms with van der Waals surface area (Å²) >= 11 is 3.25. The van der Waals surface area contributed by atoms with Gasteiger partial charge in [0, 0.05) is 6.20 Å². The molecule has 0 fully saturated rings. The van der Waals surface area contributed by atoms with E-state index in [0.717, 1.165) is 16.6 Å². The Morgan fingerprint density at radius 3 is 2.58 bits per heavy atom. The van der Waals surface area contributed by atoms with Crippen LogP contribution < -0.4 is 5.32 Å². The molecule has 1 unspecified atom stereocenters. The number of hydrogen-bond acceptors (Lipinski definition) is 2. The maximum absolute atomic E-state index is 12.1. The van der Waals surface area contributed by atoms with Gasteiger partial charge in [-0.3, -0.25) is 4.79 Å². The fraction of sp³-hybridized carbons (Fsp3) is 0.200. The molecule has 1 amide bonds. The standard InChI is InChI=1S/C15H15BrN2O/c1-2-13(11-6-4-3-5-7-11)18-15(19)12-8-9-14(16)17-10-12/h3-10,13H,2H2,1H3,(H,18,19). The molecular weight excluding hydrogens is 304 g/mol. The Balaban J connectivity index is 2.10. The smallest absolute Gasteiger partial charge is 0.253 e. The molecule has 4 heteroatoms. The van der Waals surface area contributed by atoms with Crippen molar-refractivity contribution in [3.8, 4) is 0 Å². The third-order valence-electron chi connectivity index (χ3n) is 2.91. The molecule has 19 heavy (non-hydrogen) atoms. The van der Waals surface area contributed by atoms with E-state index >= 15 is 0 Å². The second-order valence-electron chi connectivity index (χ2n) is 4.21. The first-order valence-electron chi connectivity index (χ1n) is 6.18. The number of nitrogens with zero attached hydrogens (tertiary/aromatic N) is 1. The molecule has 1 heterocycles. The number of nitrogens with one attached hydrogen (secondary N) is 1. The second kappa shape index (κ2) is 6.48. The van der Waals surface area contributed by atoms with Crippen LogP contribution in [0, 0.1) is 0 Å². The lowest BCUT2D eigenvalue weighted by Gasteiger charge is -2.17. The lowest BCUT2D eigenvalue weighted by molar-refractivity contribution is 0.0935. The van der Waals surface area contributed by atoms with Gasteiger partial charge in [0.15, 0.2) is 0 Å². The first-order valence-corrected chi connectivity index (χ1v) is 6.97. The quantitative estimate of drug-likeness (QED) is 0.873. The Morgan fingerprint density at radius 2 is 2.00 bits per heavy atom. The van der Waals surface area contributed by atoms with E-state index in [1.807, 2.05) is 30.3 Å². The highest BCUT2D eigenvalue weighted by Gasteiger charge is 2.13. The number of carbonyl (C=O) groups is 1. The second-order valence-corrected chi connectivity index (χ2v) is 5.03. The van der Waals surface area contributed by atoms with E-state index in [2.05, 4.69) is 33.2 Å². The van der Waals surface area contributed by atoms with Crippen LogP contribution in [0.4, 0.5) is 0 Å². The van der Waals surface area contributed by atoms with Gasteiger partial charge in [-0.2, -0.15) is 0 Å². The third kappa shape index (κ3) is 3.64. The van der Waals surface area contributed by atoms with Crippen molar-refractivity contribution < 1.29 is 4.79 Å². The lowest BCUT2D eigenvalue weighted by atomic mass is 10.0. The molecule has 0 bridgehead atoms. The number of aromatic nitrogens is 1. The molecule has 3 nitrogen and oxygen atoms in total. The maximum atomic E-state index is 12.1. The summed E-state index contributed by atoms with van der Waals surface area (Å²) in [6, 6.07) is 13.5. The molecule has 0 aliphatic rings. The van der Waals surface area contributed by atoms with Crippen molar-refractivity contribution >= 4 is 21.8 Å². The van der Waals surface area contributed by atoms with Gasteiger partial charge in [0.1, 0.15) is 4.60 Å². The molecule has 1 aromatic carbocycles. The minimum atomic E-state index is -0.101. The minimum Gasteiger partial charge on any atom is -0.345 e. The zero-order valence-electron chi connectivity index (χ0n) is 10.6. The van der Waals surface area contributed by atoms with Gasteiger partial charge in [0.25, 0.3) is 5.91 Å². The van der Waals surface area contributed by atoms with Crippen molar-refractivity contribution in [2.45, 2.75) is 19.4 Å². The predicted octanol–water partition coefficient (Wildman–Crippen LogP) is 3.73. The van der Waals surface area contributed by atoms with Crippen molar-refractivity contribution in [1.82, 2.24) is 10.3 Å².